The van der Waals surface area contributed by atoms with Crippen molar-refractivity contribution < 1.29 is 84.3 Å². The quantitative estimate of drug-likeness (QED) is 0.106. The number of aliphatic carboxylic acids is 1. The average Bonchev–Trinajstić information content (AvgIpc) is 2.95. The van der Waals surface area contributed by atoms with Crippen molar-refractivity contribution in [2.24, 2.45) is 11.8 Å². The monoisotopic (exact) mass is 602 g/mol. The first-order valence-corrected chi connectivity index (χ1v) is 13.3. The Hall–Kier alpha value is -1.13. The van der Waals surface area contributed by atoms with E-state index in [-0.39, 0.29) is 0 Å². The molecule has 3 aliphatic rings. The summed E-state index contributed by atoms with van der Waals surface area (Å²) in [5.74, 6) is -6.25. The molecule has 41 heavy (non-hydrogen) atoms. The Bertz CT molecular complexity index is 833. The molecule has 8 unspecified atom stereocenters. The lowest BCUT2D eigenvalue weighted by Crippen LogP contribution is -2.67. The summed E-state index contributed by atoms with van der Waals surface area (Å²) in [4.78, 5) is 12.5. The Morgan fingerprint density at radius 3 is 1.98 bits per heavy atom. The molecule has 0 aliphatic carbocycles. The number of methoxy groups -OCH3 is 1. The van der Waals surface area contributed by atoms with Crippen molar-refractivity contribution in [3.05, 3.63) is 0 Å². The Morgan fingerprint density at radius 1 is 0.902 bits per heavy atom. The molecule has 0 bridgehead atoms. The maximum absolute atomic E-state index is 12.5. The molecular formula is C24H42O17. The Labute approximate surface area is 235 Å². The summed E-state index contributed by atoms with van der Waals surface area (Å²) in [7, 11) is 1.33. The second-order valence-electron chi connectivity index (χ2n) is 10.7. The number of carboxylic acid groups (broad SMARTS) is 1. The number of hydrogen-bond donors (Lipinski definition) is 10. The highest BCUT2D eigenvalue weighted by molar-refractivity contribution is 5.76. The lowest BCUT2D eigenvalue weighted by molar-refractivity contribution is -0.385. The predicted molar refractivity (Wildman–Crippen MR) is 130 cm³/mol. The Balaban J connectivity index is 1.91. The molecule has 0 aromatic rings. The van der Waals surface area contributed by atoms with E-state index in [4.69, 9.17) is 28.4 Å². The van der Waals surface area contributed by atoms with Gasteiger partial charge < -0.3 is 79.5 Å². The summed E-state index contributed by atoms with van der Waals surface area (Å²) in [6.07, 6.45) is -21.1. The van der Waals surface area contributed by atoms with Crippen LogP contribution >= 0.6 is 0 Å². The largest absolute Gasteiger partial charge is 0.477 e. The first-order valence-electron chi connectivity index (χ1n) is 13.3. The third-order valence-electron chi connectivity index (χ3n) is 8.00. The predicted octanol–water partition coefficient (Wildman–Crippen LogP) is -5.16. The molecule has 0 spiro atoms. The summed E-state index contributed by atoms with van der Waals surface area (Å²) in [5.41, 5.74) is 0. The lowest BCUT2D eigenvalue weighted by atomic mass is 9.84. The van der Waals surface area contributed by atoms with Crippen molar-refractivity contribution in [3.63, 3.8) is 0 Å². The second-order valence-corrected chi connectivity index (χ2v) is 10.7. The van der Waals surface area contributed by atoms with Crippen LogP contribution in [0.4, 0.5) is 0 Å². The zero-order valence-corrected chi connectivity index (χ0v) is 22.8. The Morgan fingerprint density at radius 2 is 1.46 bits per heavy atom. The van der Waals surface area contributed by atoms with E-state index in [2.05, 4.69) is 0 Å². The summed E-state index contributed by atoms with van der Waals surface area (Å²) in [6, 6.07) is 0. The molecule has 17 nitrogen and oxygen atoms in total. The fraction of sp³-hybridized carbons (Fsp3) is 0.958. The highest BCUT2D eigenvalue weighted by Gasteiger charge is 2.59. The van der Waals surface area contributed by atoms with Gasteiger partial charge in [0.05, 0.1) is 38.1 Å². The minimum absolute atomic E-state index is 0.609. The molecule has 240 valence electrons. The third-order valence-corrected chi connectivity index (χ3v) is 8.00. The van der Waals surface area contributed by atoms with Crippen LogP contribution in [0.3, 0.4) is 0 Å². The van der Waals surface area contributed by atoms with Gasteiger partial charge in [0.15, 0.2) is 12.6 Å². The van der Waals surface area contributed by atoms with E-state index in [1.165, 1.54) is 14.0 Å². The normalized spacial score (nSPS) is 47.1. The first kappa shape index (κ1) is 34.4. The Kier molecular flexibility index (Phi) is 11.8. The van der Waals surface area contributed by atoms with Crippen LogP contribution in [0.2, 0.25) is 0 Å². The maximum Gasteiger partial charge on any atom is 0.364 e. The van der Waals surface area contributed by atoms with E-state index in [0.717, 1.165) is 0 Å². The van der Waals surface area contributed by atoms with Crippen LogP contribution < -0.4 is 0 Å². The molecule has 0 aromatic heterocycles. The van der Waals surface area contributed by atoms with E-state index in [9.17, 15) is 55.9 Å². The van der Waals surface area contributed by atoms with Gasteiger partial charge >= 0.3 is 5.97 Å². The number of carboxylic acids is 1. The minimum Gasteiger partial charge on any atom is -0.477 e. The third kappa shape index (κ3) is 6.84. The van der Waals surface area contributed by atoms with E-state index >= 15 is 0 Å². The van der Waals surface area contributed by atoms with Crippen molar-refractivity contribution >= 4 is 5.97 Å². The van der Waals surface area contributed by atoms with Gasteiger partial charge in [-0.05, 0) is 0 Å². The number of ether oxygens (including phenoxy) is 6. The molecule has 3 fully saturated rings. The van der Waals surface area contributed by atoms with Gasteiger partial charge in [0, 0.05) is 25.4 Å². The topological polar surface area (TPSA) is 275 Å². The van der Waals surface area contributed by atoms with Gasteiger partial charge in [-0.1, -0.05) is 13.8 Å². The molecule has 0 amide bonds. The summed E-state index contributed by atoms with van der Waals surface area (Å²) in [6.45, 7) is 0.635. The van der Waals surface area contributed by atoms with Crippen LogP contribution in [-0.2, 0) is 33.2 Å². The van der Waals surface area contributed by atoms with Gasteiger partial charge in [-0.15, -0.1) is 0 Å². The number of aliphatic hydroxyl groups excluding tert-OH is 9. The molecule has 3 rings (SSSR count). The molecule has 10 N–H and O–H groups in total. The van der Waals surface area contributed by atoms with Crippen LogP contribution in [0.5, 0.6) is 0 Å². The van der Waals surface area contributed by atoms with Gasteiger partial charge in [0.25, 0.3) is 5.79 Å². The van der Waals surface area contributed by atoms with Crippen LogP contribution in [0, 0.1) is 11.8 Å². The van der Waals surface area contributed by atoms with Gasteiger partial charge in [-0.2, -0.15) is 0 Å². The highest BCUT2D eigenvalue weighted by Crippen LogP contribution is 2.40. The molecule has 0 aromatic carbocycles. The summed E-state index contributed by atoms with van der Waals surface area (Å²) < 4.78 is 33.3. The SMILES string of the molecule is CO[C@H]1OC(CO)[C@H](O)C(O[C@@H]2OC(CO)[C@H](O)C(O[C@]3(C(=O)O)CC(O)[C@@H](C)C([C@H](O)[C@H](O)CO)O3)C2O)C1C. The van der Waals surface area contributed by atoms with Crippen molar-refractivity contribution in [2.75, 3.05) is 26.9 Å². The minimum atomic E-state index is -2.80. The van der Waals surface area contributed by atoms with Crippen LogP contribution in [0.25, 0.3) is 0 Å². The van der Waals surface area contributed by atoms with Crippen LogP contribution in [0.1, 0.15) is 20.3 Å². The van der Waals surface area contributed by atoms with E-state index in [1.807, 2.05) is 0 Å². The lowest BCUT2D eigenvalue weighted by Gasteiger charge is -2.50. The van der Waals surface area contributed by atoms with Gasteiger partial charge in [0.2, 0.25) is 0 Å². The van der Waals surface area contributed by atoms with Crippen LogP contribution in [-0.4, -0.2) is 169 Å². The van der Waals surface area contributed by atoms with Gasteiger partial charge in [-0.25, -0.2) is 4.79 Å². The first-order chi connectivity index (χ1) is 19.3. The molecule has 3 saturated heterocycles. The highest BCUT2D eigenvalue weighted by atomic mass is 16.8. The molecule has 3 heterocycles. The maximum atomic E-state index is 12.5. The standard InChI is InChI=1S/C24H42O17/c1-8-10(28)4-24(23(34)35,40-19(8)14(30)11(29)5-25)41-20-16(32)13(7-27)38-22(17(20)33)39-18-9(2)21(36-3)37-12(6-26)15(18)31/h8-22,25-33H,4-7H2,1-3H3,(H,34,35)/t8-,9?,10?,11-,12?,13?,14-,15+,16+,17?,18?,19?,20?,21+,22+,24+/m1/s1. The molecule has 16 atom stereocenters. The van der Waals surface area contributed by atoms with Crippen molar-refractivity contribution in [3.8, 4) is 0 Å². The smallest absolute Gasteiger partial charge is 0.364 e. The van der Waals surface area contributed by atoms with Crippen molar-refractivity contribution in [1.82, 2.24) is 0 Å². The number of aliphatic hydroxyl groups is 9. The molecule has 0 radical (unpaired) electrons. The average molecular weight is 603 g/mol. The zero-order chi connectivity index (χ0) is 30.8. The summed E-state index contributed by atoms with van der Waals surface area (Å²) >= 11 is 0. The molecular weight excluding hydrogens is 560 g/mol. The van der Waals surface area contributed by atoms with Gasteiger partial charge in [0.1, 0.15) is 48.8 Å². The summed E-state index contributed by atoms with van der Waals surface area (Å²) in [5, 5.41) is 103. The van der Waals surface area contributed by atoms with Crippen molar-refractivity contribution in [2.45, 2.75) is 106 Å². The van der Waals surface area contributed by atoms with E-state index in [0.29, 0.717) is 0 Å². The number of rotatable bonds is 11. The molecule has 17 heteroatoms. The fourth-order valence-electron chi connectivity index (χ4n) is 5.39. The second kappa shape index (κ2) is 14.1. The molecule has 3 aliphatic heterocycles. The number of hydrogen-bond acceptors (Lipinski definition) is 16. The number of carbonyl (C=O) groups is 1. The zero-order valence-electron chi connectivity index (χ0n) is 22.8. The van der Waals surface area contributed by atoms with Gasteiger partial charge in [-0.3, -0.25) is 0 Å². The van der Waals surface area contributed by atoms with Crippen LogP contribution in [0.15, 0.2) is 0 Å². The van der Waals surface area contributed by atoms with Crippen molar-refractivity contribution in [1.29, 1.82) is 0 Å². The fourth-order valence-corrected chi connectivity index (χ4v) is 5.39. The van der Waals surface area contributed by atoms with E-state index in [1.54, 1.807) is 6.92 Å². The molecule has 0 saturated carbocycles. The van der Waals surface area contributed by atoms with E-state index < -0.39 is 130 Å².